The fourth-order valence-electron chi connectivity index (χ4n) is 10.3. The second kappa shape index (κ2) is 17.5. The molecule has 0 amide bonds. The van der Waals surface area contributed by atoms with E-state index < -0.39 is 5.41 Å². The van der Waals surface area contributed by atoms with Gasteiger partial charge in [0.15, 0.2) is 5.82 Å². The van der Waals surface area contributed by atoms with E-state index in [4.69, 9.17) is 9.97 Å². The molecule has 0 atom stereocenters. The molecule has 1 aliphatic carbocycles. The molecular formula is C66H43N3. The summed E-state index contributed by atoms with van der Waals surface area (Å²) in [6.07, 6.45) is 0. The van der Waals surface area contributed by atoms with Gasteiger partial charge in [-0.1, -0.05) is 224 Å². The first-order chi connectivity index (χ1) is 34.1. The van der Waals surface area contributed by atoms with Gasteiger partial charge in [0.25, 0.3) is 0 Å². The zero-order valence-electron chi connectivity index (χ0n) is 37.7. The van der Waals surface area contributed by atoms with E-state index >= 15 is 0 Å². The van der Waals surface area contributed by atoms with Gasteiger partial charge in [-0.15, -0.1) is 0 Å². The molecule has 1 aromatic heterocycles. The summed E-state index contributed by atoms with van der Waals surface area (Å²) in [4.78, 5) is 10.4. The molecule has 0 bridgehead atoms. The molecule has 0 saturated heterocycles. The fourth-order valence-corrected chi connectivity index (χ4v) is 10.3. The Balaban J connectivity index is 0.909. The van der Waals surface area contributed by atoms with Gasteiger partial charge < -0.3 is 0 Å². The van der Waals surface area contributed by atoms with Gasteiger partial charge in [0, 0.05) is 16.7 Å². The van der Waals surface area contributed by atoms with Crippen LogP contribution >= 0.6 is 0 Å². The lowest BCUT2D eigenvalue weighted by Crippen LogP contribution is -2.28. The summed E-state index contributed by atoms with van der Waals surface area (Å²) >= 11 is 0. The number of hydrogen-bond donors (Lipinski definition) is 0. The predicted molar refractivity (Wildman–Crippen MR) is 282 cm³/mol. The number of aromatic nitrogens is 2. The molecule has 0 fully saturated rings. The van der Waals surface area contributed by atoms with E-state index in [1.165, 1.54) is 27.8 Å². The van der Waals surface area contributed by atoms with Gasteiger partial charge in [-0.05, 0) is 114 Å². The minimum absolute atomic E-state index is 0.577. The standard InChI is InChI=1S/C66H43N3/c67-44-45-27-37-59-60-42-55(36-38-61(60)66(62(59)39-45,57-23-9-3-10-24-57)58-25-11-4-12-26-58)54-21-13-19-52(40-54)49-28-32-50(33-29-49)63-43-64(56-22-14-20-53(41-56)47-17-7-2-8-18-47)69-65(68-63)51-34-30-48(31-35-51)46-15-5-1-6-16-46/h1-43H. The number of rotatable bonds is 9. The highest BCUT2D eigenvalue weighted by atomic mass is 14.9. The van der Waals surface area contributed by atoms with Crippen LogP contribution in [0.25, 0.3) is 89.5 Å². The lowest BCUT2D eigenvalue weighted by atomic mass is 9.67. The van der Waals surface area contributed by atoms with Gasteiger partial charge in [0.2, 0.25) is 0 Å². The van der Waals surface area contributed by atoms with Crippen molar-refractivity contribution >= 4 is 0 Å². The molecular weight excluding hydrogens is 835 g/mol. The third kappa shape index (κ3) is 7.51. The molecule has 0 N–H and O–H groups in total. The third-order valence-corrected chi connectivity index (χ3v) is 13.6. The summed E-state index contributed by atoms with van der Waals surface area (Å²) in [6.45, 7) is 0. The Labute approximate surface area is 403 Å². The van der Waals surface area contributed by atoms with Gasteiger partial charge in [0.1, 0.15) is 0 Å². The molecule has 3 heteroatoms. The van der Waals surface area contributed by atoms with Crippen molar-refractivity contribution in [3.05, 3.63) is 289 Å². The maximum atomic E-state index is 10.1. The monoisotopic (exact) mass is 877 g/mol. The first kappa shape index (κ1) is 41.2. The van der Waals surface area contributed by atoms with Crippen LogP contribution in [-0.4, -0.2) is 9.97 Å². The van der Waals surface area contributed by atoms with E-state index in [0.29, 0.717) is 11.4 Å². The first-order valence-corrected chi connectivity index (χ1v) is 23.3. The smallest absolute Gasteiger partial charge is 0.160 e. The predicted octanol–water partition coefficient (Wildman–Crippen LogP) is 16.4. The van der Waals surface area contributed by atoms with Gasteiger partial charge in [0.05, 0.1) is 28.4 Å². The highest BCUT2D eigenvalue weighted by Gasteiger charge is 2.46. The van der Waals surface area contributed by atoms with Crippen LogP contribution < -0.4 is 0 Å². The molecule has 0 unspecified atom stereocenters. The summed E-state index contributed by atoms with van der Waals surface area (Å²) < 4.78 is 0. The van der Waals surface area contributed by atoms with Crippen LogP contribution in [0.2, 0.25) is 0 Å². The number of fused-ring (bicyclic) bond motifs is 3. The molecule has 0 spiro atoms. The number of nitrogens with zero attached hydrogens (tertiary/aromatic N) is 3. The fraction of sp³-hybridized carbons (Fsp3) is 0.0152. The van der Waals surface area contributed by atoms with Crippen molar-refractivity contribution in [1.29, 1.82) is 5.26 Å². The van der Waals surface area contributed by atoms with E-state index in [2.05, 4.69) is 249 Å². The van der Waals surface area contributed by atoms with Crippen LogP contribution in [0, 0.1) is 11.3 Å². The minimum Gasteiger partial charge on any atom is -0.228 e. The zero-order valence-corrected chi connectivity index (χ0v) is 37.7. The van der Waals surface area contributed by atoms with Crippen molar-refractivity contribution in [1.82, 2.24) is 9.97 Å². The van der Waals surface area contributed by atoms with Crippen LogP contribution in [0.1, 0.15) is 27.8 Å². The summed E-state index contributed by atoms with van der Waals surface area (Å²) in [5, 5.41) is 10.1. The summed E-state index contributed by atoms with van der Waals surface area (Å²) in [6, 6.07) is 94.6. The molecule has 10 aromatic carbocycles. The molecule has 0 saturated carbocycles. The molecule has 11 aromatic rings. The van der Waals surface area contributed by atoms with E-state index in [1.807, 2.05) is 18.2 Å². The highest BCUT2D eigenvalue weighted by Crippen LogP contribution is 2.57. The zero-order chi connectivity index (χ0) is 46.2. The third-order valence-electron chi connectivity index (χ3n) is 13.6. The average molecular weight is 878 g/mol. The summed E-state index contributed by atoms with van der Waals surface area (Å²) in [7, 11) is 0. The summed E-state index contributed by atoms with van der Waals surface area (Å²) in [5.41, 5.74) is 20.9. The second-order valence-electron chi connectivity index (χ2n) is 17.6. The molecule has 0 aliphatic heterocycles. The second-order valence-corrected chi connectivity index (χ2v) is 17.6. The Hall–Kier alpha value is -9.23. The molecule has 3 nitrogen and oxygen atoms in total. The van der Waals surface area contributed by atoms with Crippen molar-refractivity contribution in [2.24, 2.45) is 0 Å². The van der Waals surface area contributed by atoms with Crippen molar-refractivity contribution in [3.8, 4) is 95.6 Å². The van der Waals surface area contributed by atoms with E-state index in [1.54, 1.807) is 0 Å². The van der Waals surface area contributed by atoms with Gasteiger partial charge in [-0.25, -0.2) is 9.97 Å². The quantitative estimate of drug-likeness (QED) is 0.145. The molecule has 12 rings (SSSR count). The van der Waals surface area contributed by atoms with Crippen LogP contribution in [0.3, 0.4) is 0 Å². The Bertz CT molecular complexity index is 3650. The van der Waals surface area contributed by atoms with Crippen LogP contribution in [0.4, 0.5) is 0 Å². The topological polar surface area (TPSA) is 49.6 Å². The van der Waals surface area contributed by atoms with Gasteiger partial charge in [-0.2, -0.15) is 5.26 Å². The molecule has 1 heterocycles. The minimum atomic E-state index is -0.577. The Morgan fingerprint density at radius 3 is 1.30 bits per heavy atom. The normalized spacial score (nSPS) is 12.2. The van der Waals surface area contributed by atoms with Crippen molar-refractivity contribution in [2.75, 3.05) is 0 Å². The maximum absolute atomic E-state index is 10.1. The van der Waals surface area contributed by atoms with E-state index in [9.17, 15) is 5.26 Å². The maximum Gasteiger partial charge on any atom is 0.160 e. The van der Waals surface area contributed by atoms with Crippen LogP contribution in [0.5, 0.6) is 0 Å². The SMILES string of the molecule is N#Cc1ccc2c(c1)C(c1ccccc1)(c1ccccc1)c1ccc(-c3cccc(-c4ccc(-c5cc(-c6cccc(-c7ccccc7)c6)nc(-c6ccc(-c7ccccc7)cc6)n5)cc4)c3)cc1-2. The lowest BCUT2D eigenvalue weighted by molar-refractivity contribution is 0.768. The molecule has 322 valence electrons. The molecule has 0 radical (unpaired) electrons. The largest absolute Gasteiger partial charge is 0.228 e. The molecule has 1 aliphatic rings. The van der Waals surface area contributed by atoms with E-state index in [-0.39, 0.29) is 0 Å². The van der Waals surface area contributed by atoms with Crippen molar-refractivity contribution in [2.45, 2.75) is 5.41 Å². The number of benzene rings is 10. The molecule has 69 heavy (non-hydrogen) atoms. The number of hydrogen-bond acceptors (Lipinski definition) is 3. The Kier molecular flexibility index (Phi) is 10.5. The summed E-state index contributed by atoms with van der Waals surface area (Å²) in [5.74, 6) is 0.677. The first-order valence-electron chi connectivity index (χ1n) is 23.3. The lowest BCUT2D eigenvalue weighted by Gasteiger charge is -2.34. The van der Waals surface area contributed by atoms with E-state index in [0.717, 1.165) is 78.1 Å². The van der Waals surface area contributed by atoms with Crippen molar-refractivity contribution in [3.63, 3.8) is 0 Å². The van der Waals surface area contributed by atoms with Gasteiger partial charge >= 0.3 is 0 Å². The number of nitriles is 1. The Morgan fingerprint density at radius 1 is 0.290 bits per heavy atom. The van der Waals surface area contributed by atoms with Crippen LogP contribution in [-0.2, 0) is 5.41 Å². The highest BCUT2D eigenvalue weighted by molar-refractivity contribution is 5.90. The average Bonchev–Trinajstić information content (AvgIpc) is 3.73. The van der Waals surface area contributed by atoms with Crippen LogP contribution in [0.15, 0.2) is 261 Å². The Morgan fingerprint density at radius 2 is 0.710 bits per heavy atom. The van der Waals surface area contributed by atoms with Gasteiger partial charge in [-0.3, -0.25) is 0 Å². The van der Waals surface area contributed by atoms with Crippen molar-refractivity contribution < 1.29 is 0 Å².